The molecule has 4 nitrogen and oxygen atoms in total. The van der Waals surface area contributed by atoms with Gasteiger partial charge in [-0.3, -0.25) is 0 Å². The minimum absolute atomic E-state index is 0.00908. The second-order valence-electron chi connectivity index (χ2n) is 2.13. The fourth-order valence-electron chi connectivity index (χ4n) is 0.626. The van der Waals surface area contributed by atoms with E-state index < -0.39 is 0 Å². The summed E-state index contributed by atoms with van der Waals surface area (Å²) < 4.78 is 1.84. The maximum Gasteiger partial charge on any atom is 0.190 e. The Bertz CT molecular complexity index is 213. The van der Waals surface area contributed by atoms with E-state index in [4.69, 9.17) is 0 Å². The Kier molecular flexibility index (Phi) is 3.38. The minimum atomic E-state index is -0.00908. The summed E-state index contributed by atoms with van der Waals surface area (Å²) in [5.74, 6) is 0.829. The molecule has 5 heteroatoms. The molecule has 1 aromatic rings. The Balaban J connectivity index is 2.32. The van der Waals surface area contributed by atoms with Crippen LogP contribution in [0, 0.1) is 0 Å². The number of rotatable bonds is 4. The Morgan fingerprint density at radius 2 is 2.55 bits per heavy atom. The van der Waals surface area contributed by atoms with Crippen LogP contribution in [0.25, 0.3) is 0 Å². The van der Waals surface area contributed by atoms with Crippen molar-refractivity contribution in [2.45, 2.75) is 11.6 Å². The van der Waals surface area contributed by atoms with Crippen molar-refractivity contribution in [3.8, 4) is 0 Å². The highest BCUT2D eigenvalue weighted by Crippen LogP contribution is 2.13. The SMILES string of the molecule is Cn1cnnc1SCCC[O]. The summed E-state index contributed by atoms with van der Waals surface area (Å²) in [6, 6.07) is 0. The van der Waals surface area contributed by atoms with Gasteiger partial charge in [0, 0.05) is 12.8 Å². The highest BCUT2D eigenvalue weighted by Gasteiger charge is 1.99. The molecule has 0 spiro atoms. The van der Waals surface area contributed by atoms with Crippen LogP contribution in [-0.4, -0.2) is 27.1 Å². The quantitative estimate of drug-likeness (QED) is 0.497. The first-order valence-corrected chi connectivity index (χ1v) is 4.38. The highest BCUT2D eigenvalue weighted by atomic mass is 32.2. The fourth-order valence-corrected chi connectivity index (χ4v) is 1.43. The van der Waals surface area contributed by atoms with E-state index in [2.05, 4.69) is 10.2 Å². The molecule has 0 saturated carbocycles. The van der Waals surface area contributed by atoms with Crippen molar-refractivity contribution in [2.75, 3.05) is 12.4 Å². The fraction of sp³-hybridized carbons (Fsp3) is 0.667. The van der Waals surface area contributed by atoms with E-state index in [1.54, 1.807) is 18.1 Å². The van der Waals surface area contributed by atoms with Gasteiger partial charge in [0.25, 0.3) is 0 Å². The smallest absolute Gasteiger partial charge is 0.190 e. The molecule has 0 N–H and O–H groups in total. The van der Waals surface area contributed by atoms with Crippen molar-refractivity contribution in [1.29, 1.82) is 0 Å². The third-order valence-electron chi connectivity index (χ3n) is 1.19. The van der Waals surface area contributed by atoms with E-state index in [9.17, 15) is 5.11 Å². The highest BCUT2D eigenvalue weighted by molar-refractivity contribution is 7.99. The number of hydrogen-bond acceptors (Lipinski definition) is 3. The van der Waals surface area contributed by atoms with Crippen molar-refractivity contribution in [2.24, 2.45) is 7.05 Å². The molecular formula is C6H10N3OS. The summed E-state index contributed by atoms with van der Waals surface area (Å²) in [7, 11) is 1.89. The maximum absolute atomic E-state index is 10.1. The zero-order valence-electron chi connectivity index (χ0n) is 6.36. The first-order valence-electron chi connectivity index (χ1n) is 3.39. The number of nitrogens with zero attached hydrogens (tertiary/aromatic N) is 3. The normalized spacial score (nSPS) is 10.4. The molecule has 61 valence electrons. The van der Waals surface area contributed by atoms with E-state index in [0.717, 1.165) is 10.9 Å². The van der Waals surface area contributed by atoms with Crippen molar-refractivity contribution >= 4 is 11.8 Å². The van der Waals surface area contributed by atoms with Crippen LogP contribution in [0.2, 0.25) is 0 Å². The van der Waals surface area contributed by atoms with Crippen LogP contribution in [0.3, 0.4) is 0 Å². The van der Waals surface area contributed by atoms with Crippen LogP contribution in [-0.2, 0) is 12.2 Å². The third-order valence-corrected chi connectivity index (χ3v) is 2.31. The summed E-state index contributed by atoms with van der Waals surface area (Å²) >= 11 is 1.57. The molecule has 0 unspecified atom stereocenters. The zero-order chi connectivity index (χ0) is 8.10. The lowest BCUT2D eigenvalue weighted by molar-refractivity contribution is 0.194. The number of hydrogen-bond donors (Lipinski definition) is 0. The Morgan fingerprint density at radius 3 is 3.09 bits per heavy atom. The van der Waals surface area contributed by atoms with Gasteiger partial charge < -0.3 is 4.57 Å². The van der Waals surface area contributed by atoms with Crippen LogP contribution >= 0.6 is 11.8 Å². The van der Waals surface area contributed by atoms with Crippen molar-refractivity contribution in [3.63, 3.8) is 0 Å². The van der Waals surface area contributed by atoms with Crippen molar-refractivity contribution in [1.82, 2.24) is 14.8 Å². The first-order chi connectivity index (χ1) is 5.34. The molecule has 1 radical (unpaired) electrons. The summed E-state index contributed by atoms with van der Waals surface area (Å²) in [5, 5.41) is 18.5. The molecule has 11 heavy (non-hydrogen) atoms. The lowest BCUT2D eigenvalue weighted by Gasteiger charge is -1.96. The Labute approximate surface area is 69.6 Å². The van der Waals surface area contributed by atoms with E-state index in [1.165, 1.54) is 0 Å². The van der Waals surface area contributed by atoms with Crippen molar-refractivity contribution < 1.29 is 5.11 Å². The number of aromatic nitrogens is 3. The van der Waals surface area contributed by atoms with Crippen LogP contribution in [0.15, 0.2) is 11.5 Å². The van der Waals surface area contributed by atoms with Gasteiger partial charge in [0.05, 0.1) is 6.61 Å². The molecule has 1 aromatic heterocycles. The molecule has 0 aromatic carbocycles. The minimum Gasteiger partial charge on any atom is -0.312 e. The van der Waals surface area contributed by atoms with Gasteiger partial charge in [-0.15, -0.1) is 10.2 Å². The van der Waals surface area contributed by atoms with Gasteiger partial charge in [0.2, 0.25) is 0 Å². The lowest BCUT2D eigenvalue weighted by Crippen LogP contribution is -1.91. The molecule has 0 aliphatic carbocycles. The van der Waals surface area contributed by atoms with Gasteiger partial charge in [-0.1, -0.05) is 11.8 Å². The zero-order valence-corrected chi connectivity index (χ0v) is 7.17. The van der Waals surface area contributed by atoms with Crippen LogP contribution in [0.1, 0.15) is 6.42 Å². The molecule has 1 heterocycles. The predicted octanol–water partition coefficient (Wildman–Crippen LogP) is 0.728. The molecular weight excluding hydrogens is 162 g/mol. The third kappa shape index (κ3) is 2.51. The molecule has 0 amide bonds. The summed E-state index contributed by atoms with van der Waals surface area (Å²) in [5.41, 5.74) is 0. The van der Waals surface area contributed by atoms with Crippen LogP contribution < -0.4 is 0 Å². The van der Waals surface area contributed by atoms with Gasteiger partial charge in [0.15, 0.2) is 5.16 Å². The molecule has 0 saturated heterocycles. The van der Waals surface area contributed by atoms with Gasteiger partial charge in [-0.05, 0) is 6.42 Å². The average Bonchev–Trinajstić information content (AvgIpc) is 2.37. The summed E-state index contributed by atoms with van der Waals surface area (Å²) in [4.78, 5) is 0. The molecule has 1 rings (SSSR count). The molecule has 0 atom stereocenters. The summed E-state index contributed by atoms with van der Waals surface area (Å²) in [6.07, 6.45) is 2.34. The second-order valence-corrected chi connectivity index (χ2v) is 3.19. The number of aryl methyl sites for hydroxylation is 1. The average molecular weight is 172 g/mol. The van der Waals surface area contributed by atoms with Gasteiger partial charge in [-0.25, -0.2) is 5.11 Å². The van der Waals surface area contributed by atoms with E-state index in [0.29, 0.717) is 6.42 Å². The van der Waals surface area contributed by atoms with E-state index in [1.807, 2.05) is 11.6 Å². The lowest BCUT2D eigenvalue weighted by atomic mass is 10.5. The second kappa shape index (κ2) is 4.35. The van der Waals surface area contributed by atoms with Gasteiger partial charge in [-0.2, -0.15) is 0 Å². The topological polar surface area (TPSA) is 50.6 Å². The Hall–Kier alpha value is -0.550. The van der Waals surface area contributed by atoms with Gasteiger partial charge in [0.1, 0.15) is 6.33 Å². The van der Waals surface area contributed by atoms with Gasteiger partial charge >= 0.3 is 0 Å². The van der Waals surface area contributed by atoms with E-state index >= 15 is 0 Å². The predicted molar refractivity (Wildman–Crippen MR) is 41.9 cm³/mol. The largest absolute Gasteiger partial charge is 0.312 e. The molecule has 0 aliphatic rings. The van der Waals surface area contributed by atoms with Crippen LogP contribution in [0.5, 0.6) is 0 Å². The standard InChI is InChI=1S/C6H10N3OS/c1-9-5-7-8-6(9)11-4-2-3-10/h5H,2-4H2,1H3. The Morgan fingerprint density at radius 1 is 1.73 bits per heavy atom. The monoisotopic (exact) mass is 172 g/mol. The molecule has 0 aliphatic heterocycles. The number of thioether (sulfide) groups is 1. The van der Waals surface area contributed by atoms with E-state index in [-0.39, 0.29) is 6.61 Å². The van der Waals surface area contributed by atoms with Crippen LogP contribution in [0.4, 0.5) is 0 Å². The molecule has 0 bridgehead atoms. The molecule has 0 fully saturated rings. The summed E-state index contributed by atoms with van der Waals surface area (Å²) in [6.45, 7) is -0.00908. The maximum atomic E-state index is 10.1. The van der Waals surface area contributed by atoms with Crippen molar-refractivity contribution in [3.05, 3.63) is 6.33 Å². The first kappa shape index (κ1) is 8.55.